The lowest BCUT2D eigenvalue weighted by atomic mass is 10.0. The first-order chi connectivity index (χ1) is 19.8. The molecule has 3 rings (SSSR count). The highest BCUT2D eigenvalue weighted by Crippen LogP contribution is 2.27. The molecule has 0 aliphatic heterocycles. The summed E-state index contributed by atoms with van der Waals surface area (Å²) in [7, 11) is -3.63. The molecule has 0 saturated heterocycles. The Labute approximate surface area is 263 Å². The number of halogens is 2. The fourth-order valence-electron chi connectivity index (χ4n) is 4.64. The highest BCUT2D eigenvalue weighted by Gasteiger charge is 2.30. The number of carbonyl (C=O) groups is 2. The number of rotatable bonds is 14. The Morgan fingerprint density at radius 3 is 2.31 bits per heavy atom. The molecule has 7 nitrogen and oxygen atoms in total. The number of sulfonamides is 1. The molecule has 3 aromatic rings. The molecule has 0 spiro atoms. The molecule has 0 unspecified atom stereocenters. The van der Waals surface area contributed by atoms with Crippen molar-refractivity contribution in [1.29, 1.82) is 0 Å². The van der Waals surface area contributed by atoms with E-state index in [-0.39, 0.29) is 43.7 Å². The third-order valence-corrected chi connectivity index (χ3v) is 8.70. The molecule has 0 radical (unpaired) electrons. The summed E-state index contributed by atoms with van der Waals surface area (Å²) >= 11 is 9.68. The van der Waals surface area contributed by atoms with Gasteiger partial charge in [-0.1, -0.05) is 89.9 Å². The molecule has 1 N–H and O–H groups in total. The number of nitrogens with zero attached hydrogens (tertiary/aromatic N) is 2. The minimum atomic E-state index is -3.63. The van der Waals surface area contributed by atoms with Gasteiger partial charge in [0.25, 0.3) is 0 Å². The first-order valence-electron chi connectivity index (χ1n) is 13.9. The molecule has 0 heterocycles. The van der Waals surface area contributed by atoms with Crippen molar-refractivity contribution in [1.82, 2.24) is 10.2 Å². The van der Waals surface area contributed by atoms with Crippen LogP contribution >= 0.6 is 27.5 Å². The summed E-state index contributed by atoms with van der Waals surface area (Å²) in [6, 6.07) is 21.6. The zero-order valence-electron chi connectivity index (χ0n) is 24.5. The molecule has 0 aliphatic rings. The van der Waals surface area contributed by atoms with E-state index in [2.05, 4.69) is 21.2 Å². The Bertz CT molecular complexity index is 1470. The van der Waals surface area contributed by atoms with E-state index in [1.807, 2.05) is 75.4 Å². The first kappa shape index (κ1) is 33.6. The van der Waals surface area contributed by atoms with Gasteiger partial charge in [0.2, 0.25) is 21.8 Å². The zero-order chi connectivity index (χ0) is 30.9. The summed E-state index contributed by atoms with van der Waals surface area (Å²) < 4.78 is 27.6. The molecule has 0 aliphatic carbocycles. The van der Waals surface area contributed by atoms with Gasteiger partial charge >= 0.3 is 0 Å². The average Bonchev–Trinajstić information content (AvgIpc) is 2.93. The van der Waals surface area contributed by atoms with Crippen molar-refractivity contribution in [3.8, 4) is 0 Å². The monoisotopic (exact) mass is 675 g/mol. The zero-order valence-corrected chi connectivity index (χ0v) is 27.7. The van der Waals surface area contributed by atoms with Crippen molar-refractivity contribution in [2.45, 2.75) is 52.6 Å². The summed E-state index contributed by atoms with van der Waals surface area (Å²) in [5.41, 5.74) is 3.06. The van der Waals surface area contributed by atoms with E-state index >= 15 is 0 Å². The van der Waals surface area contributed by atoms with E-state index in [0.717, 1.165) is 27.4 Å². The topological polar surface area (TPSA) is 86.8 Å². The third kappa shape index (κ3) is 10.1. The number of amides is 2. The lowest BCUT2D eigenvalue weighted by Gasteiger charge is -2.32. The Morgan fingerprint density at radius 2 is 1.67 bits per heavy atom. The van der Waals surface area contributed by atoms with Gasteiger partial charge in [0.05, 0.1) is 11.9 Å². The Kier molecular flexibility index (Phi) is 12.4. The number of carbonyl (C=O) groups excluding carboxylic acids is 2. The number of benzene rings is 3. The lowest BCUT2D eigenvalue weighted by Crippen LogP contribution is -2.51. The van der Waals surface area contributed by atoms with Crippen LogP contribution in [0.2, 0.25) is 5.02 Å². The van der Waals surface area contributed by atoms with Gasteiger partial charge in [0.1, 0.15) is 6.04 Å². The largest absolute Gasteiger partial charge is 0.354 e. The maximum Gasteiger partial charge on any atom is 0.243 e. The molecule has 2 amide bonds. The van der Waals surface area contributed by atoms with Gasteiger partial charge in [-0.2, -0.15) is 0 Å². The van der Waals surface area contributed by atoms with Crippen LogP contribution < -0.4 is 9.62 Å². The van der Waals surface area contributed by atoms with Crippen LogP contribution in [0, 0.1) is 12.8 Å². The second kappa shape index (κ2) is 15.5. The molecule has 0 aromatic heterocycles. The fourth-order valence-corrected chi connectivity index (χ4v) is 6.27. The van der Waals surface area contributed by atoms with Crippen LogP contribution in [-0.4, -0.2) is 50.5 Å². The van der Waals surface area contributed by atoms with Crippen LogP contribution in [0.15, 0.2) is 77.3 Å². The summed E-state index contributed by atoms with van der Waals surface area (Å²) in [4.78, 5) is 29.2. The summed E-state index contributed by atoms with van der Waals surface area (Å²) in [5.74, 6) is -0.201. The van der Waals surface area contributed by atoms with E-state index in [1.165, 1.54) is 4.31 Å². The van der Waals surface area contributed by atoms with Gasteiger partial charge in [0.15, 0.2) is 0 Å². The Hall–Kier alpha value is -2.88. The molecule has 42 heavy (non-hydrogen) atoms. The van der Waals surface area contributed by atoms with Gasteiger partial charge in [-0.15, -0.1) is 0 Å². The quantitative estimate of drug-likeness (QED) is 0.215. The molecule has 226 valence electrons. The van der Waals surface area contributed by atoms with E-state index < -0.39 is 16.1 Å². The summed E-state index contributed by atoms with van der Waals surface area (Å²) in [6.45, 7) is 6.68. The minimum absolute atomic E-state index is 0.0579. The second-order valence-electron chi connectivity index (χ2n) is 10.9. The van der Waals surface area contributed by atoms with E-state index in [0.29, 0.717) is 23.7 Å². The summed E-state index contributed by atoms with van der Waals surface area (Å²) in [5, 5.41) is 3.45. The highest BCUT2D eigenvalue weighted by molar-refractivity contribution is 9.10. The van der Waals surface area contributed by atoms with Crippen LogP contribution in [0.5, 0.6) is 0 Å². The van der Waals surface area contributed by atoms with Crippen LogP contribution in [0.3, 0.4) is 0 Å². The van der Waals surface area contributed by atoms with Crippen molar-refractivity contribution in [2.24, 2.45) is 5.92 Å². The molecule has 10 heteroatoms. The average molecular weight is 677 g/mol. The van der Waals surface area contributed by atoms with Gasteiger partial charge in [-0.05, 0) is 60.2 Å². The number of nitrogens with one attached hydrogen (secondary N) is 1. The SMILES string of the molecule is Cc1ccc(Cl)cc1N(CCCC(=O)N(Cc1cccc(Br)c1)[C@@H](Cc1ccccc1)C(=O)NCC(C)C)S(C)(=O)=O. The van der Waals surface area contributed by atoms with Crippen molar-refractivity contribution < 1.29 is 18.0 Å². The van der Waals surface area contributed by atoms with Gasteiger partial charge in [-0.25, -0.2) is 8.42 Å². The van der Waals surface area contributed by atoms with Crippen LogP contribution in [0.4, 0.5) is 5.69 Å². The Morgan fingerprint density at radius 1 is 0.976 bits per heavy atom. The fraction of sp³-hybridized carbons (Fsp3) is 0.375. The molecular formula is C32H39BrClN3O4S. The molecule has 0 fully saturated rings. The predicted octanol–water partition coefficient (Wildman–Crippen LogP) is 6.37. The van der Waals surface area contributed by atoms with Crippen LogP contribution in [0.1, 0.15) is 43.4 Å². The smallest absolute Gasteiger partial charge is 0.243 e. The van der Waals surface area contributed by atoms with Gasteiger partial charge < -0.3 is 10.2 Å². The maximum atomic E-state index is 13.9. The maximum absolute atomic E-state index is 13.9. The lowest BCUT2D eigenvalue weighted by molar-refractivity contribution is -0.141. The van der Waals surface area contributed by atoms with Crippen LogP contribution in [0.25, 0.3) is 0 Å². The van der Waals surface area contributed by atoms with Gasteiger partial charge in [0, 0.05) is 42.0 Å². The molecule has 0 bridgehead atoms. The molecule has 0 saturated carbocycles. The molecular weight excluding hydrogens is 638 g/mol. The predicted molar refractivity (Wildman–Crippen MR) is 174 cm³/mol. The summed E-state index contributed by atoms with van der Waals surface area (Å²) in [6.07, 6.45) is 1.81. The normalized spacial score (nSPS) is 12.2. The Balaban J connectivity index is 1.90. The van der Waals surface area contributed by atoms with Gasteiger partial charge in [-0.3, -0.25) is 13.9 Å². The van der Waals surface area contributed by atoms with Crippen molar-refractivity contribution in [3.05, 3.63) is 99.0 Å². The number of anilines is 1. The highest BCUT2D eigenvalue weighted by atomic mass is 79.9. The van der Waals surface area contributed by atoms with Crippen LogP contribution in [-0.2, 0) is 32.6 Å². The molecule has 1 atom stereocenters. The van der Waals surface area contributed by atoms with Crippen molar-refractivity contribution in [2.75, 3.05) is 23.7 Å². The van der Waals surface area contributed by atoms with Crippen molar-refractivity contribution >= 4 is 55.1 Å². The van der Waals surface area contributed by atoms with E-state index in [1.54, 1.807) is 23.1 Å². The number of hydrogen-bond donors (Lipinski definition) is 1. The second-order valence-corrected chi connectivity index (χ2v) is 14.1. The number of hydrogen-bond acceptors (Lipinski definition) is 4. The third-order valence-electron chi connectivity index (χ3n) is 6.79. The number of aryl methyl sites for hydroxylation is 1. The van der Waals surface area contributed by atoms with E-state index in [9.17, 15) is 18.0 Å². The first-order valence-corrected chi connectivity index (χ1v) is 17.0. The van der Waals surface area contributed by atoms with Crippen molar-refractivity contribution in [3.63, 3.8) is 0 Å². The molecule has 3 aromatic carbocycles. The van der Waals surface area contributed by atoms with E-state index in [4.69, 9.17) is 11.6 Å². The minimum Gasteiger partial charge on any atom is -0.354 e. The standard InChI is InChI=1S/C32H39BrClN3O4S/c1-23(2)21-35-32(39)30(19-25-10-6-5-7-11-25)36(22-26-12-8-13-27(33)18-26)31(38)14-9-17-37(42(4,40)41)29-20-28(34)16-15-24(29)3/h5-8,10-13,15-16,18,20,23,30H,9,14,17,19,21-22H2,1-4H3,(H,35,39)/t30-/m0/s1.